The summed E-state index contributed by atoms with van der Waals surface area (Å²) in [5.74, 6) is -1.76. The van der Waals surface area contributed by atoms with Crippen molar-refractivity contribution in [1.29, 1.82) is 0 Å². The zero-order chi connectivity index (χ0) is 13.1. The first-order chi connectivity index (χ1) is 8.58. The van der Waals surface area contributed by atoms with Crippen LogP contribution in [0.3, 0.4) is 0 Å². The number of nitrogens with two attached hydrogens (primary N) is 1. The van der Waals surface area contributed by atoms with Gasteiger partial charge in [-0.1, -0.05) is 18.3 Å². The van der Waals surface area contributed by atoms with Crippen molar-refractivity contribution < 1.29 is 13.5 Å². The normalized spacial score (nSPS) is 10.1. The lowest BCUT2D eigenvalue weighted by atomic mass is 10.2. The van der Waals surface area contributed by atoms with Crippen molar-refractivity contribution in [2.75, 3.05) is 0 Å². The lowest BCUT2D eigenvalue weighted by molar-refractivity contribution is 0.416. The van der Waals surface area contributed by atoms with E-state index in [0.29, 0.717) is 11.3 Å². The molecule has 92 valence electrons. The maximum Gasteiger partial charge on any atom is 0.201 e. The third-order valence-corrected chi connectivity index (χ3v) is 2.52. The van der Waals surface area contributed by atoms with Gasteiger partial charge in [0.25, 0.3) is 0 Å². The van der Waals surface area contributed by atoms with Gasteiger partial charge in [0.05, 0.1) is 0 Å². The number of ether oxygens (including phenoxy) is 1. The molecule has 0 saturated carbocycles. The molecule has 2 nitrogen and oxygen atoms in total. The molecule has 2 rings (SSSR count). The van der Waals surface area contributed by atoms with Crippen molar-refractivity contribution in [3.05, 3.63) is 59.7 Å². The minimum atomic E-state index is -1.02. The second-order valence-electron chi connectivity index (χ2n) is 3.54. The van der Waals surface area contributed by atoms with Crippen LogP contribution < -0.4 is 10.5 Å². The predicted octanol–water partition coefficient (Wildman–Crippen LogP) is 3.39. The fourth-order valence-electron chi connectivity index (χ4n) is 1.38. The summed E-state index contributed by atoms with van der Waals surface area (Å²) in [4.78, 5) is 0.262. The topological polar surface area (TPSA) is 35.2 Å². The van der Waals surface area contributed by atoms with Gasteiger partial charge in [-0.25, -0.2) is 4.39 Å². The van der Waals surface area contributed by atoms with Crippen molar-refractivity contribution in [1.82, 2.24) is 0 Å². The van der Waals surface area contributed by atoms with Crippen molar-refractivity contribution in [2.24, 2.45) is 5.73 Å². The van der Waals surface area contributed by atoms with Crippen molar-refractivity contribution >= 4 is 17.2 Å². The number of halogens is 2. The van der Waals surface area contributed by atoms with Gasteiger partial charge >= 0.3 is 0 Å². The Labute approximate surface area is 108 Å². The molecular formula is C13H9F2NOS. The number of hydrogen-bond donors (Lipinski definition) is 1. The maximum absolute atomic E-state index is 13.4. The van der Waals surface area contributed by atoms with Crippen LogP contribution in [0.4, 0.5) is 8.78 Å². The quantitative estimate of drug-likeness (QED) is 0.864. The van der Waals surface area contributed by atoms with Crippen LogP contribution in [0.1, 0.15) is 5.56 Å². The molecule has 0 bridgehead atoms. The van der Waals surface area contributed by atoms with Crippen molar-refractivity contribution in [3.63, 3.8) is 0 Å². The maximum atomic E-state index is 13.4. The third kappa shape index (κ3) is 2.62. The lowest BCUT2D eigenvalue weighted by Crippen LogP contribution is -2.08. The minimum absolute atomic E-state index is 0.168. The summed E-state index contributed by atoms with van der Waals surface area (Å²) >= 11 is 4.80. The van der Waals surface area contributed by atoms with E-state index in [9.17, 15) is 8.78 Å². The van der Waals surface area contributed by atoms with Gasteiger partial charge in [0.15, 0.2) is 11.6 Å². The van der Waals surface area contributed by atoms with E-state index >= 15 is 0 Å². The van der Waals surface area contributed by atoms with E-state index in [0.717, 1.165) is 6.07 Å². The summed E-state index contributed by atoms with van der Waals surface area (Å²) in [5, 5.41) is 0. The molecule has 0 aliphatic rings. The first-order valence-corrected chi connectivity index (χ1v) is 5.50. The number of thiocarbonyl (C=S) groups is 1. The van der Waals surface area contributed by atoms with E-state index in [-0.39, 0.29) is 10.7 Å². The van der Waals surface area contributed by atoms with Gasteiger partial charge in [-0.3, -0.25) is 0 Å². The zero-order valence-electron chi connectivity index (χ0n) is 9.19. The molecule has 18 heavy (non-hydrogen) atoms. The average molecular weight is 265 g/mol. The van der Waals surface area contributed by atoms with Gasteiger partial charge < -0.3 is 10.5 Å². The molecule has 0 spiro atoms. The average Bonchev–Trinajstić information content (AvgIpc) is 2.36. The summed E-state index contributed by atoms with van der Waals surface area (Å²) in [7, 11) is 0. The summed E-state index contributed by atoms with van der Waals surface area (Å²) in [6, 6.07) is 10.2. The van der Waals surface area contributed by atoms with Gasteiger partial charge in [-0.05, 0) is 36.4 Å². The molecule has 0 aromatic heterocycles. The number of hydrogen-bond acceptors (Lipinski definition) is 2. The van der Waals surface area contributed by atoms with Crippen LogP contribution >= 0.6 is 12.2 Å². The molecule has 0 unspecified atom stereocenters. The van der Waals surface area contributed by atoms with Gasteiger partial charge in [0.1, 0.15) is 10.7 Å². The number of rotatable bonds is 3. The standard InChI is InChI=1S/C13H9F2NOS/c14-10-2-1-3-11(12(10)15)17-9-6-4-8(5-7-9)13(16)18/h1-7H,(H2,16,18). The molecule has 0 heterocycles. The molecule has 0 aliphatic carbocycles. The highest BCUT2D eigenvalue weighted by Crippen LogP contribution is 2.25. The van der Waals surface area contributed by atoms with E-state index in [1.807, 2.05) is 0 Å². The van der Waals surface area contributed by atoms with Crippen LogP contribution in [0.15, 0.2) is 42.5 Å². The van der Waals surface area contributed by atoms with E-state index < -0.39 is 11.6 Å². The van der Waals surface area contributed by atoms with Gasteiger partial charge in [-0.15, -0.1) is 0 Å². The van der Waals surface area contributed by atoms with Crippen LogP contribution in [0.25, 0.3) is 0 Å². The highest BCUT2D eigenvalue weighted by Gasteiger charge is 2.09. The zero-order valence-corrected chi connectivity index (χ0v) is 10.0. The second kappa shape index (κ2) is 5.10. The summed E-state index contributed by atoms with van der Waals surface area (Å²) in [6.07, 6.45) is 0. The third-order valence-electron chi connectivity index (χ3n) is 2.28. The lowest BCUT2D eigenvalue weighted by Gasteiger charge is -2.07. The predicted molar refractivity (Wildman–Crippen MR) is 68.8 cm³/mol. The SMILES string of the molecule is NC(=S)c1ccc(Oc2cccc(F)c2F)cc1. The summed E-state index contributed by atoms with van der Waals surface area (Å²) in [5.41, 5.74) is 6.12. The molecule has 0 amide bonds. The van der Waals surface area contributed by atoms with Crippen molar-refractivity contribution in [2.45, 2.75) is 0 Å². The Kier molecular flexibility index (Phi) is 3.53. The fourth-order valence-corrected chi connectivity index (χ4v) is 1.51. The van der Waals surface area contributed by atoms with E-state index in [2.05, 4.69) is 0 Å². The van der Waals surface area contributed by atoms with E-state index in [1.54, 1.807) is 24.3 Å². The Morgan fingerprint density at radius 2 is 1.72 bits per heavy atom. The van der Waals surface area contributed by atoms with Crippen molar-refractivity contribution in [3.8, 4) is 11.5 Å². The van der Waals surface area contributed by atoms with Crippen LogP contribution in [-0.4, -0.2) is 4.99 Å². The highest BCUT2D eigenvalue weighted by atomic mass is 32.1. The van der Waals surface area contributed by atoms with Crippen LogP contribution in [0, 0.1) is 11.6 Å². The first kappa shape index (κ1) is 12.4. The molecule has 0 aliphatic heterocycles. The molecule has 2 aromatic rings. The van der Waals surface area contributed by atoms with Crippen LogP contribution in [0.2, 0.25) is 0 Å². The summed E-state index contributed by atoms with van der Waals surface area (Å²) < 4.78 is 31.5. The smallest absolute Gasteiger partial charge is 0.201 e. The molecule has 5 heteroatoms. The Hall–Kier alpha value is -2.01. The monoisotopic (exact) mass is 265 g/mol. The molecule has 2 N–H and O–H groups in total. The fraction of sp³-hybridized carbons (Fsp3) is 0. The minimum Gasteiger partial charge on any atom is -0.454 e. The van der Waals surface area contributed by atoms with Crippen LogP contribution in [0.5, 0.6) is 11.5 Å². The number of benzene rings is 2. The summed E-state index contributed by atoms with van der Waals surface area (Å²) in [6.45, 7) is 0. The van der Waals surface area contributed by atoms with Gasteiger partial charge in [-0.2, -0.15) is 4.39 Å². The first-order valence-electron chi connectivity index (χ1n) is 5.09. The Balaban J connectivity index is 2.24. The van der Waals surface area contributed by atoms with E-state index in [4.69, 9.17) is 22.7 Å². The molecular weight excluding hydrogens is 256 g/mol. The van der Waals surface area contributed by atoms with Gasteiger partial charge in [0, 0.05) is 5.56 Å². The molecule has 0 atom stereocenters. The van der Waals surface area contributed by atoms with E-state index in [1.165, 1.54) is 12.1 Å². The largest absolute Gasteiger partial charge is 0.454 e. The molecule has 0 fully saturated rings. The second-order valence-corrected chi connectivity index (χ2v) is 3.98. The molecule has 0 saturated heterocycles. The molecule has 0 radical (unpaired) electrons. The Morgan fingerprint density at radius 1 is 1.06 bits per heavy atom. The Morgan fingerprint density at radius 3 is 2.33 bits per heavy atom. The van der Waals surface area contributed by atoms with Crippen LogP contribution in [-0.2, 0) is 0 Å². The molecule has 2 aromatic carbocycles. The Bertz CT molecular complexity index is 584. The van der Waals surface area contributed by atoms with Gasteiger partial charge in [0.2, 0.25) is 5.82 Å². The highest BCUT2D eigenvalue weighted by molar-refractivity contribution is 7.80.